The van der Waals surface area contributed by atoms with Crippen molar-refractivity contribution in [3.63, 3.8) is 0 Å². The first kappa shape index (κ1) is 70.3. The summed E-state index contributed by atoms with van der Waals surface area (Å²) in [5.41, 5.74) is 0. The molecule has 0 amide bonds. The first-order valence-corrected chi connectivity index (χ1v) is 32.9. The Bertz CT molecular complexity index is 2930. The van der Waals surface area contributed by atoms with Gasteiger partial charge in [-0.25, -0.2) is 29.9 Å². The highest BCUT2D eigenvalue weighted by molar-refractivity contribution is 7.82. The second-order valence-corrected chi connectivity index (χ2v) is 27.0. The summed E-state index contributed by atoms with van der Waals surface area (Å²) in [6, 6.07) is 0. The van der Waals surface area contributed by atoms with E-state index in [1.165, 1.54) is 34.6 Å². The van der Waals surface area contributed by atoms with Crippen LogP contribution >= 0.6 is 0 Å². The lowest BCUT2D eigenvalue weighted by Gasteiger charge is -2.58. The molecule has 11 unspecified atom stereocenters. The van der Waals surface area contributed by atoms with Gasteiger partial charge in [0.05, 0.1) is 38.1 Å². The summed E-state index contributed by atoms with van der Waals surface area (Å²) < 4.78 is 297. The maximum Gasteiger partial charge on any atom is 0.397 e. The van der Waals surface area contributed by atoms with Gasteiger partial charge in [0.15, 0.2) is 37.4 Å². The molecular formula is C39H66O38S6. The van der Waals surface area contributed by atoms with Gasteiger partial charge < -0.3 is 62.3 Å². The van der Waals surface area contributed by atoms with Gasteiger partial charge in [0.1, 0.15) is 62.2 Å². The minimum atomic E-state index is -5.94. The number of aliphatic hydroxyl groups excluding tert-OH is 1. The zero-order valence-electron chi connectivity index (χ0n) is 44.7. The highest BCUT2D eigenvalue weighted by atomic mass is 32.3. The number of carbonyl (C=O) groups is 1. The van der Waals surface area contributed by atoms with Crippen molar-refractivity contribution in [2.45, 2.75) is 166 Å². The maximum atomic E-state index is 13.0. The Morgan fingerprint density at radius 2 is 0.916 bits per heavy atom. The molecule has 2 bridgehead atoms. The average Bonchev–Trinajstić information content (AvgIpc) is 1.47. The molecule has 7 aliphatic heterocycles. The summed E-state index contributed by atoms with van der Waals surface area (Å²) in [6.07, 6.45) is -32.0. The van der Waals surface area contributed by atoms with E-state index in [0.717, 1.165) is 0 Å². The molecule has 0 aromatic heterocycles. The minimum Gasteiger partial charge on any atom is -0.479 e. The van der Waals surface area contributed by atoms with E-state index in [2.05, 4.69) is 12.5 Å². The quantitative estimate of drug-likeness (QED) is 0.0327. The van der Waals surface area contributed by atoms with Crippen molar-refractivity contribution >= 4 is 68.4 Å². The molecule has 0 aromatic carbocycles. The van der Waals surface area contributed by atoms with E-state index >= 15 is 0 Å². The van der Waals surface area contributed by atoms with Crippen LogP contribution in [0.2, 0.25) is 0 Å². The van der Waals surface area contributed by atoms with Crippen LogP contribution < -0.4 is 0 Å². The SMILES string of the molecule is CC1C(C)[C@H](C)[C@H](COS(=O)(=O)O)O[C@@H]1O[C@H]1C(C)C(C)[C@H](OC2C(COS(=O)(=O)O)O[C@@H](OC3[C@@H](C)[C@H]4OCC3(OCO)O[C@H]4O[C@H]3C(C)C(OS(=O)(=O)O)[C@@H](C)O[C@H]3COS(=O)(=O)O)C(OS(=O)(=O)O)[C@H]2OS(=O)(=O)O)O[C@H]1C(=O)O. The van der Waals surface area contributed by atoms with Crippen LogP contribution in [0.1, 0.15) is 55.4 Å². The van der Waals surface area contributed by atoms with Gasteiger partial charge >= 0.3 is 68.4 Å². The third kappa shape index (κ3) is 18.2. The van der Waals surface area contributed by atoms with Crippen molar-refractivity contribution in [1.29, 1.82) is 0 Å². The van der Waals surface area contributed by atoms with Crippen molar-refractivity contribution < 1.29 is 170 Å². The Labute approximate surface area is 476 Å². The standard InChI is InChI=1S/C39H66O38S6/c1-14-15(2)22(9-63-78(43,44)45)67-35(17(14)4)70-27-16(3)18(5)36(72-31(27)34(41)42)71-29-24(11-65-80(49,50)51)68-37(32(77-83(58,59)60)30(29)76-82(55,56)57)73-33-20(7)28-38(74-39(33,12-61-28)62-13-40)69-26-19(6)25(75-81(52,53)54)21(8)66-23(26)10-64-79(46,47)48/h14-33,35-38,40H,9-13H2,1-8H3,(H,41,42)(H,43,44,45)(H,46,47,48)(H,49,50,51)(H,52,53,54)(H,55,56,57)(H,58,59,60)/t14?,15-,16?,17?,18?,19?,20-,21+,22-,23-,24?,25?,26-,27-,28+,29?,30-,31+,32?,33?,35+,36+,37-,38+,39?/m0/s1. The van der Waals surface area contributed by atoms with Gasteiger partial charge in [-0.1, -0.05) is 48.5 Å². The first-order valence-electron chi connectivity index (χ1n) is 24.7. The predicted molar refractivity (Wildman–Crippen MR) is 259 cm³/mol. The molecular weight excluding hydrogens is 1270 g/mol. The Hall–Kier alpha value is -1.79. The number of carboxylic acids is 1. The fraction of sp³-hybridized carbons (Fsp3) is 0.974. The predicted octanol–water partition coefficient (Wildman–Crippen LogP) is -2.53. The van der Waals surface area contributed by atoms with Crippen molar-refractivity contribution in [3.8, 4) is 0 Å². The summed E-state index contributed by atoms with van der Waals surface area (Å²) in [5.74, 6) is -10.3. The first-order chi connectivity index (χ1) is 37.9. The Kier molecular flexibility index (Phi) is 22.6. The van der Waals surface area contributed by atoms with E-state index in [1.807, 2.05) is 0 Å². The molecule has 0 radical (unpaired) electrons. The number of fused-ring (bicyclic) bond motifs is 3. The molecule has 25 atom stereocenters. The lowest BCUT2D eigenvalue weighted by atomic mass is 9.78. The number of rotatable bonds is 26. The molecule has 0 aromatic rings. The zero-order chi connectivity index (χ0) is 62.5. The van der Waals surface area contributed by atoms with Crippen LogP contribution in [0.25, 0.3) is 0 Å². The summed E-state index contributed by atoms with van der Waals surface area (Å²) >= 11 is 0. The van der Waals surface area contributed by atoms with E-state index in [-0.39, 0.29) is 5.92 Å². The molecule has 7 saturated heterocycles. The summed E-state index contributed by atoms with van der Waals surface area (Å²) in [6.45, 7) is 6.54. The molecule has 44 heteroatoms. The van der Waals surface area contributed by atoms with E-state index < -0.39 is 247 Å². The molecule has 0 spiro atoms. The van der Waals surface area contributed by atoms with E-state index in [1.54, 1.807) is 20.8 Å². The molecule has 7 aliphatic rings. The van der Waals surface area contributed by atoms with Crippen LogP contribution in [-0.4, -0.2) is 238 Å². The molecule has 8 N–H and O–H groups in total. The van der Waals surface area contributed by atoms with Gasteiger partial charge in [0.25, 0.3) is 0 Å². The van der Waals surface area contributed by atoms with Gasteiger partial charge in [-0.15, -0.1) is 0 Å². The van der Waals surface area contributed by atoms with Crippen LogP contribution in [0.3, 0.4) is 0 Å². The monoisotopic (exact) mass is 1330 g/mol. The number of aliphatic carboxylic acids is 1. The van der Waals surface area contributed by atoms with Gasteiger partial charge in [-0.05, 0) is 24.7 Å². The summed E-state index contributed by atoms with van der Waals surface area (Å²) in [4.78, 5) is 13.0. The second kappa shape index (κ2) is 26.7. The molecule has 486 valence electrons. The van der Waals surface area contributed by atoms with Gasteiger partial charge in [-0.2, -0.15) is 50.5 Å². The van der Waals surface area contributed by atoms with Gasteiger partial charge in [0, 0.05) is 23.7 Å². The van der Waals surface area contributed by atoms with E-state index in [9.17, 15) is 92.8 Å². The summed E-state index contributed by atoms with van der Waals surface area (Å²) in [5, 5.41) is 20.8. The highest BCUT2D eigenvalue weighted by Gasteiger charge is 2.65. The number of aliphatic hydroxyl groups is 1. The van der Waals surface area contributed by atoms with E-state index in [0.29, 0.717) is 0 Å². The van der Waals surface area contributed by atoms with Crippen molar-refractivity contribution in [1.82, 2.24) is 0 Å². The largest absolute Gasteiger partial charge is 0.479 e. The molecule has 7 fully saturated rings. The molecule has 0 aliphatic carbocycles. The van der Waals surface area contributed by atoms with Crippen LogP contribution in [-0.2, 0) is 144 Å². The zero-order valence-corrected chi connectivity index (χ0v) is 49.6. The van der Waals surface area contributed by atoms with E-state index in [4.69, 9.17) is 64.7 Å². The van der Waals surface area contributed by atoms with Crippen LogP contribution in [0, 0.1) is 41.4 Å². The number of hydrogen-bond donors (Lipinski definition) is 8. The summed E-state index contributed by atoms with van der Waals surface area (Å²) in [7, 11) is -32.7. The fourth-order valence-corrected chi connectivity index (χ4v) is 13.3. The lowest BCUT2D eigenvalue weighted by Crippen LogP contribution is -2.73. The van der Waals surface area contributed by atoms with Crippen LogP contribution in [0.5, 0.6) is 0 Å². The van der Waals surface area contributed by atoms with Crippen molar-refractivity contribution in [2.75, 3.05) is 33.2 Å². The molecule has 38 nitrogen and oxygen atoms in total. The highest BCUT2D eigenvalue weighted by Crippen LogP contribution is 2.48. The smallest absolute Gasteiger partial charge is 0.397 e. The molecule has 0 saturated carbocycles. The second-order valence-electron chi connectivity index (χ2n) is 20.6. The normalized spacial score (nSPS) is 42.3. The Morgan fingerprint density at radius 3 is 1.43 bits per heavy atom. The molecule has 7 rings (SSSR count). The van der Waals surface area contributed by atoms with Crippen molar-refractivity contribution in [2.24, 2.45) is 41.4 Å². The minimum absolute atomic E-state index is 0.322. The molecule has 7 heterocycles. The van der Waals surface area contributed by atoms with Gasteiger partial charge in [0.2, 0.25) is 5.79 Å². The Morgan fingerprint density at radius 1 is 0.458 bits per heavy atom. The topological polar surface area (TPSA) is 541 Å². The third-order valence-electron chi connectivity index (χ3n) is 15.2. The Balaban J connectivity index is 1.34. The number of hydrogen-bond acceptors (Lipinski definition) is 31. The van der Waals surface area contributed by atoms with Crippen LogP contribution in [0.15, 0.2) is 0 Å². The number of carboxylic acid groups (broad SMARTS) is 1. The fourth-order valence-electron chi connectivity index (χ4n) is 10.7. The number of ether oxygens (including phenoxy) is 11. The maximum absolute atomic E-state index is 13.0. The van der Waals surface area contributed by atoms with Gasteiger partial charge in [-0.3, -0.25) is 27.3 Å². The van der Waals surface area contributed by atoms with Crippen LogP contribution in [0.4, 0.5) is 0 Å². The third-order valence-corrected chi connectivity index (χ3v) is 17.9. The average molecular weight is 1340 g/mol. The van der Waals surface area contributed by atoms with Crippen molar-refractivity contribution in [3.05, 3.63) is 0 Å². The molecule has 83 heavy (non-hydrogen) atoms. The lowest BCUT2D eigenvalue weighted by molar-refractivity contribution is -0.479.